The molecule has 21 heavy (non-hydrogen) atoms. The molecule has 0 unspecified atom stereocenters. The van der Waals surface area contributed by atoms with Gasteiger partial charge in [-0.05, 0) is 18.2 Å². The van der Waals surface area contributed by atoms with Crippen LogP contribution in [0.25, 0.3) is 0 Å². The number of hydrogen-bond acceptors (Lipinski definition) is 6. The van der Waals surface area contributed by atoms with E-state index in [1.54, 1.807) is 18.2 Å². The van der Waals surface area contributed by atoms with E-state index >= 15 is 0 Å². The quantitative estimate of drug-likeness (QED) is 0.399. The van der Waals surface area contributed by atoms with Crippen LogP contribution in [0.2, 0.25) is 0 Å². The van der Waals surface area contributed by atoms with Gasteiger partial charge in [0.05, 0.1) is 20.9 Å². The molecule has 0 spiro atoms. The van der Waals surface area contributed by atoms with Crippen molar-refractivity contribution in [2.45, 2.75) is 9.79 Å². The Labute approximate surface area is 120 Å². The first kappa shape index (κ1) is 14.7. The molecule has 0 aromatic heterocycles. The normalized spacial score (nSPS) is 11.6. The topological polar surface area (TPSA) is 116 Å². The third kappa shape index (κ3) is 2.90. The number of nitrogens with two attached hydrogens (primary N) is 1. The van der Waals surface area contributed by atoms with Gasteiger partial charge in [0.1, 0.15) is 0 Å². The number of hydrogen-bond donors (Lipinski definition) is 1. The van der Waals surface area contributed by atoms with Crippen LogP contribution in [-0.4, -0.2) is 19.6 Å². The van der Waals surface area contributed by atoms with Crippen molar-refractivity contribution in [1.29, 1.82) is 0 Å². The van der Waals surface area contributed by atoms with Crippen LogP contribution in [-0.2, 0) is 9.84 Å². The minimum atomic E-state index is -3.90. The van der Waals surface area contributed by atoms with Gasteiger partial charge in [-0.3, -0.25) is 10.1 Å². The number of non-ortho nitro benzene ring substituents is 1. The molecule has 7 nitrogen and oxygen atoms in total. The number of nitro benzene ring substituents is 1. The van der Waals surface area contributed by atoms with Crippen molar-refractivity contribution in [2.24, 2.45) is 10.9 Å². The number of hydrazone groups is 1. The van der Waals surface area contributed by atoms with E-state index in [-0.39, 0.29) is 21.0 Å². The third-order valence-electron chi connectivity index (χ3n) is 2.76. The molecular formula is C13H11N3O4S. The highest BCUT2D eigenvalue weighted by Crippen LogP contribution is 2.27. The van der Waals surface area contributed by atoms with Gasteiger partial charge in [0.15, 0.2) is 0 Å². The molecule has 2 rings (SSSR count). The first-order valence-electron chi connectivity index (χ1n) is 5.78. The Kier molecular flexibility index (Phi) is 3.99. The largest absolute Gasteiger partial charge is 0.323 e. The summed E-state index contributed by atoms with van der Waals surface area (Å²) in [6.07, 6.45) is 1.14. The molecule has 2 aromatic carbocycles. The molecule has 0 amide bonds. The number of nitro groups is 1. The Morgan fingerprint density at radius 1 is 1.14 bits per heavy atom. The Bertz CT molecular complexity index is 801. The Hall–Kier alpha value is -2.74. The number of nitrogens with zero attached hydrogens (tertiary/aromatic N) is 2. The van der Waals surface area contributed by atoms with Gasteiger partial charge in [-0.25, -0.2) is 8.42 Å². The maximum absolute atomic E-state index is 12.6. The van der Waals surface area contributed by atoms with Crippen molar-refractivity contribution in [3.63, 3.8) is 0 Å². The van der Waals surface area contributed by atoms with Crippen molar-refractivity contribution in [3.8, 4) is 0 Å². The lowest BCUT2D eigenvalue weighted by molar-refractivity contribution is -0.385. The number of rotatable bonds is 4. The van der Waals surface area contributed by atoms with Crippen molar-refractivity contribution in [1.82, 2.24) is 0 Å². The summed E-state index contributed by atoms with van der Waals surface area (Å²) >= 11 is 0. The van der Waals surface area contributed by atoms with E-state index in [9.17, 15) is 18.5 Å². The lowest BCUT2D eigenvalue weighted by Gasteiger charge is -2.07. The van der Waals surface area contributed by atoms with E-state index in [1.165, 1.54) is 24.3 Å². The SMILES string of the molecule is NN=Cc1ccc([N+](=O)[O-])cc1S(=O)(=O)c1ccccc1. The zero-order valence-electron chi connectivity index (χ0n) is 10.7. The molecule has 0 saturated carbocycles. The second-order valence-electron chi connectivity index (χ2n) is 4.07. The maximum Gasteiger partial charge on any atom is 0.270 e. The first-order valence-corrected chi connectivity index (χ1v) is 7.27. The van der Waals surface area contributed by atoms with Crippen LogP contribution in [0, 0.1) is 10.1 Å². The molecule has 0 heterocycles. The van der Waals surface area contributed by atoms with Gasteiger partial charge < -0.3 is 5.84 Å². The summed E-state index contributed by atoms with van der Waals surface area (Å²) < 4.78 is 25.2. The summed E-state index contributed by atoms with van der Waals surface area (Å²) in [6, 6.07) is 11.1. The van der Waals surface area contributed by atoms with Gasteiger partial charge in [0.2, 0.25) is 9.84 Å². The molecular weight excluding hydrogens is 294 g/mol. The zero-order chi connectivity index (χ0) is 15.5. The van der Waals surface area contributed by atoms with E-state index in [2.05, 4.69) is 5.10 Å². The van der Waals surface area contributed by atoms with Crippen LogP contribution < -0.4 is 5.84 Å². The van der Waals surface area contributed by atoms with Crippen LogP contribution in [0.5, 0.6) is 0 Å². The van der Waals surface area contributed by atoms with Crippen LogP contribution >= 0.6 is 0 Å². The van der Waals surface area contributed by atoms with Gasteiger partial charge >= 0.3 is 0 Å². The van der Waals surface area contributed by atoms with E-state index < -0.39 is 14.8 Å². The van der Waals surface area contributed by atoms with Crippen LogP contribution in [0.4, 0.5) is 5.69 Å². The minimum Gasteiger partial charge on any atom is -0.323 e. The second-order valence-corrected chi connectivity index (χ2v) is 5.99. The Balaban J connectivity index is 2.71. The molecule has 0 fully saturated rings. The molecule has 0 aliphatic rings. The summed E-state index contributed by atoms with van der Waals surface area (Å²) in [5.41, 5.74) is -0.134. The number of benzene rings is 2. The van der Waals surface area contributed by atoms with Crippen LogP contribution in [0.1, 0.15) is 5.56 Å². The van der Waals surface area contributed by atoms with Crippen molar-refractivity contribution < 1.29 is 13.3 Å². The average molecular weight is 305 g/mol. The fraction of sp³-hybridized carbons (Fsp3) is 0. The molecule has 0 aliphatic heterocycles. The summed E-state index contributed by atoms with van der Waals surface area (Å²) in [7, 11) is -3.90. The highest BCUT2D eigenvalue weighted by atomic mass is 32.2. The van der Waals surface area contributed by atoms with E-state index in [4.69, 9.17) is 5.84 Å². The molecule has 0 saturated heterocycles. The zero-order valence-corrected chi connectivity index (χ0v) is 11.5. The minimum absolute atomic E-state index is 0.0390. The van der Waals surface area contributed by atoms with Gasteiger partial charge in [-0.1, -0.05) is 18.2 Å². The molecule has 8 heteroatoms. The molecule has 108 valence electrons. The summed E-state index contributed by atoms with van der Waals surface area (Å²) in [5, 5.41) is 14.1. The van der Waals surface area contributed by atoms with E-state index in [0.29, 0.717) is 0 Å². The van der Waals surface area contributed by atoms with Crippen molar-refractivity contribution in [2.75, 3.05) is 0 Å². The third-order valence-corrected chi connectivity index (χ3v) is 4.59. The summed E-state index contributed by atoms with van der Waals surface area (Å²) in [5.74, 6) is 5.05. The molecule has 0 atom stereocenters. The molecule has 0 aliphatic carbocycles. The predicted octanol–water partition coefficient (Wildman–Crippen LogP) is 1.72. The number of sulfone groups is 1. The van der Waals surface area contributed by atoms with Crippen LogP contribution in [0.3, 0.4) is 0 Å². The fourth-order valence-electron chi connectivity index (χ4n) is 1.78. The fourth-order valence-corrected chi connectivity index (χ4v) is 3.26. The van der Waals surface area contributed by atoms with Gasteiger partial charge in [-0.15, -0.1) is 0 Å². The molecule has 0 radical (unpaired) electrons. The van der Waals surface area contributed by atoms with Gasteiger partial charge in [0.25, 0.3) is 5.69 Å². The van der Waals surface area contributed by atoms with E-state index in [0.717, 1.165) is 12.3 Å². The predicted molar refractivity (Wildman–Crippen MR) is 76.8 cm³/mol. The lowest BCUT2D eigenvalue weighted by atomic mass is 10.2. The monoisotopic (exact) mass is 305 g/mol. The first-order chi connectivity index (χ1) is 9.96. The standard InChI is InChI=1S/C13H11N3O4S/c14-15-9-10-6-7-11(16(17)18)8-13(10)21(19,20)12-4-2-1-3-5-12/h1-9H,14H2. The second kappa shape index (κ2) is 5.71. The van der Waals surface area contributed by atoms with Gasteiger partial charge in [-0.2, -0.15) is 5.10 Å². The summed E-state index contributed by atoms with van der Waals surface area (Å²) in [6.45, 7) is 0. The van der Waals surface area contributed by atoms with Crippen LogP contribution in [0.15, 0.2) is 63.4 Å². The lowest BCUT2D eigenvalue weighted by Crippen LogP contribution is -2.07. The average Bonchev–Trinajstić information content (AvgIpc) is 2.48. The molecule has 2 aromatic rings. The highest BCUT2D eigenvalue weighted by molar-refractivity contribution is 7.91. The maximum atomic E-state index is 12.6. The van der Waals surface area contributed by atoms with Gasteiger partial charge in [0, 0.05) is 17.7 Å². The Morgan fingerprint density at radius 2 is 1.81 bits per heavy atom. The van der Waals surface area contributed by atoms with Crippen molar-refractivity contribution in [3.05, 3.63) is 64.2 Å². The smallest absolute Gasteiger partial charge is 0.270 e. The van der Waals surface area contributed by atoms with E-state index in [1.807, 2.05) is 0 Å². The highest BCUT2D eigenvalue weighted by Gasteiger charge is 2.23. The molecule has 2 N–H and O–H groups in total. The molecule has 0 bridgehead atoms. The van der Waals surface area contributed by atoms with Crippen molar-refractivity contribution >= 4 is 21.7 Å². The summed E-state index contributed by atoms with van der Waals surface area (Å²) in [4.78, 5) is 10.0. The Morgan fingerprint density at radius 3 is 2.38 bits per heavy atom.